The lowest BCUT2D eigenvalue weighted by molar-refractivity contribution is 0.372. The van der Waals surface area contributed by atoms with Gasteiger partial charge in [-0.25, -0.2) is 9.97 Å². The first-order valence-electron chi connectivity index (χ1n) is 4.88. The molecule has 18 heavy (non-hydrogen) atoms. The van der Waals surface area contributed by atoms with Gasteiger partial charge in [0.2, 0.25) is 5.88 Å². The van der Waals surface area contributed by atoms with Gasteiger partial charge in [0.1, 0.15) is 11.5 Å². The van der Waals surface area contributed by atoms with Crippen molar-refractivity contribution < 1.29 is 9.47 Å². The Labute approximate surface area is 117 Å². The predicted molar refractivity (Wildman–Crippen MR) is 72.2 cm³/mol. The number of halogens is 2. The third-order valence-electron chi connectivity index (χ3n) is 2.07. The van der Waals surface area contributed by atoms with Crippen LogP contribution in [0.25, 0.3) is 0 Å². The summed E-state index contributed by atoms with van der Waals surface area (Å²) in [5.74, 6) is 1.29. The summed E-state index contributed by atoms with van der Waals surface area (Å²) in [6.07, 6.45) is 1.31. The van der Waals surface area contributed by atoms with Crippen LogP contribution in [0, 0.1) is 0 Å². The van der Waals surface area contributed by atoms with E-state index in [0.717, 1.165) is 0 Å². The van der Waals surface area contributed by atoms with Crippen LogP contribution in [0.5, 0.6) is 17.4 Å². The van der Waals surface area contributed by atoms with E-state index in [-0.39, 0.29) is 0 Å². The maximum Gasteiger partial charge on any atom is 0.224 e. The zero-order valence-corrected chi connectivity index (χ0v) is 11.7. The molecule has 0 saturated heterocycles. The number of ether oxygens (including phenoxy) is 2. The van der Waals surface area contributed by atoms with Gasteiger partial charge in [-0.2, -0.15) is 0 Å². The van der Waals surface area contributed by atoms with E-state index in [0.29, 0.717) is 32.7 Å². The molecule has 1 aromatic heterocycles. The van der Waals surface area contributed by atoms with Gasteiger partial charge in [0.25, 0.3) is 0 Å². The maximum absolute atomic E-state index is 5.76. The Bertz CT molecular complexity index is 580. The molecular formula is C11H9BrClN3O2. The molecule has 0 atom stereocenters. The number of hydrogen-bond donors (Lipinski definition) is 1. The highest BCUT2D eigenvalue weighted by molar-refractivity contribution is 9.10. The average molecular weight is 331 g/mol. The summed E-state index contributed by atoms with van der Waals surface area (Å²) in [5.41, 5.74) is 6.27. The Morgan fingerprint density at radius 2 is 2.06 bits per heavy atom. The first kappa shape index (κ1) is 12.9. The molecule has 2 rings (SSSR count). The third kappa shape index (κ3) is 2.83. The molecule has 0 amide bonds. The standard InChI is InChI=1S/C11H9BrClN3O2/c1-17-8-3-6(14)2-7(12)11(8)18-10-4-9(13)15-5-16-10/h2-5H,14H2,1H3. The molecule has 0 fully saturated rings. The van der Waals surface area contributed by atoms with Crippen LogP contribution in [0.4, 0.5) is 5.69 Å². The minimum atomic E-state index is 0.297. The van der Waals surface area contributed by atoms with Crippen molar-refractivity contribution in [3.05, 3.63) is 34.2 Å². The SMILES string of the molecule is COc1cc(N)cc(Br)c1Oc1cc(Cl)ncn1. The maximum atomic E-state index is 5.76. The molecule has 0 aliphatic heterocycles. The van der Waals surface area contributed by atoms with Crippen molar-refractivity contribution in [3.8, 4) is 17.4 Å². The van der Waals surface area contributed by atoms with Crippen LogP contribution in [-0.4, -0.2) is 17.1 Å². The van der Waals surface area contributed by atoms with E-state index in [1.807, 2.05) is 0 Å². The summed E-state index contributed by atoms with van der Waals surface area (Å²) in [5, 5.41) is 0.297. The van der Waals surface area contributed by atoms with Gasteiger partial charge in [-0.3, -0.25) is 0 Å². The van der Waals surface area contributed by atoms with E-state index < -0.39 is 0 Å². The van der Waals surface area contributed by atoms with Gasteiger partial charge < -0.3 is 15.2 Å². The van der Waals surface area contributed by atoms with Crippen LogP contribution in [0.1, 0.15) is 0 Å². The highest BCUT2D eigenvalue weighted by Crippen LogP contribution is 2.39. The number of nitrogens with zero attached hydrogens (tertiary/aromatic N) is 2. The van der Waals surface area contributed by atoms with E-state index in [9.17, 15) is 0 Å². The Kier molecular flexibility index (Phi) is 3.88. The number of methoxy groups -OCH3 is 1. The molecule has 0 bridgehead atoms. The molecule has 0 radical (unpaired) electrons. The first-order chi connectivity index (χ1) is 8.60. The third-order valence-corrected chi connectivity index (χ3v) is 2.86. The van der Waals surface area contributed by atoms with Gasteiger partial charge in [0, 0.05) is 17.8 Å². The molecular weight excluding hydrogens is 321 g/mol. The molecule has 0 saturated carbocycles. The molecule has 2 N–H and O–H groups in total. The summed E-state index contributed by atoms with van der Waals surface area (Å²) in [4.78, 5) is 7.72. The molecule has 0 aliphatic carbocycles. The Morgan fingerprint density at radius 1 is 1.28 bits per heavy atom. The van der Waals surface area contributed by atoms with Gasteiger partial charge in [0.05, 0.1) is 11.6 Å². The van der Waals surface area contributed by atoms with Crippen LogP contribution in [-0.2, 0) is 0 Å². The summed E-state index contributed by atoms with van der Waals surface area (Å²) in [6.45, 7) is 0. The number of nitrogen functional groups attached to an aromatic ring is 1. The van der Waals surface area contributed by atoms with E-state index >= 15 is 0 Å². The number of aromatic nitrogens is 2. The summed E-state index contributed by atoms with van der Waals surface area (Å²) in [7, 11) is 1.53. The van der Waals surface area contributed by atoms with Crippen molar-refractivity contribution in [1.29, 1.82) is 0 Å². The van der Waals surface area contributed by atoms with Crippen LogP contribution in [0.15, 0.2) is 29.0 Å². The normalized spacial score (nSPS) is 10.2. The minimum absolute atomic E-state index is 0.297. The Hall–Kier alpha value is -1.53. The van der Waals surface area contributed by atoms with Crippen LogP contribution in [0.2, 0.25) is 5.15 Å². The molecule has 0 aliphatic rings. The quantitative estimate of drug-likeness (QED) is 0.691. The molecule has 7 heteroatoms. The minimum Gasteiger partial charge on any atom is -0.493 e. The molecule has 1 heterocycles. The van der Waals surface area contributed by atoms with E-state index in [1.54, 1.807) is 12.1 Å². The topological polar surface area (TPSA) is 70.3 Å². The summed E-state index contributed by atoms with van der Waals surface area (Å²) >= 11 is 9.11. The van der Waals surface area contributed by atoms with Gasteiger partial charge in [-0.15, -0.1) is 0 Å². The lowest BCUT2D eigenvalue weighted by Gasteiger charge is -2.12. The van der Waals surface area contributed by atoms with Crippen molar-refractivity contribution in [2.24, 2.45) is 0 Å². The summed E-state index contributed by atoms with van der Waals surface area (Å²) in [6, 6.07) is 4.87. The molecule has 94 valence electrons. The molecule has 2 aromatic rings. The van der Waals surface area contributed by atoms with Crippen molar-refractivity contribution >= 4 is 33.2 Å². The summed E-state index contributed by atoms with van der Waals surface area (Å²) < 4.78 is 11.5. The first-order valence-corrected chi connectivity index (χ1v) is 6.05. The zero-order chi connectivity index (χ0) is 13.1. The second-order valence-electron chi connectivity index (χ2n) is 3.32. The number of rotatable bonds is 3. The fourth-order valence-corrected chi connectivity index (χ4v) is 1.99. The van der Waals surface area contributed by atoms with Gasteiger partial charge in [-0.1, -0.05) is 11.6 Å². The average Bonchev–Trinajstić information content (AvgIpc) is 2.32. The molecule has 0 unspecified atom stereocenters. The van der Waals surface area contributed by atoms with Gasteiger partial charge >= 0.3 is 0 Å². The fourth-order valence-electron chi connectivity index (χ4n) is 1.32. The van der Waals surface area contributed by atoms with Gasteiger partial charge in [0.15, 0.2) is 11.5 Å². The van der Waals surface area contributed by atoms with E-state index in [2.05, 4.69) is 25.9 Å². The van der Waals surface area contributed by atoms with E-state index in [4.69, 9.17) is 26.8 Å². The second-order valence-corrected chi connectivity index (χ2v) is 4.56. The van der Waals surface area contributed by atoms with Crippen molar-refractivity contribution in [2.75, 3.05) is 12.8 Å². The Morgan fingerprint density at radius 3 is 2.72 bits per heavy atom. The zero-order valence-electron chi connectivity index (χ0n) is 9.35. The van der Waals surface area contributed by atoms with Crippen LogP contribution in [0.3, 0.4) is 0 Å². The molecule has 0 spiro atoms. The van der Waals surface area contributed by atoms with Crippen LogP contribution >= 0.6 is 27.5 Å². The van der Waals surface area contributed by atoms with Crippen molar-refractivity contribution in [1.82, 2.24) is 9.97 Å². The predicted octanol–water partition coefficient (Wildman–Crippen LogP) is 3.28. The smallest absolute Gasteiger partial charge is 0.224 e. The molecule has 5 nitrogen and oxygen atoms in total. The number of anilines is 1. The van der Waals surface area contributed by atoms with Crippen molar-refractivity contribution in [2.45, 2.75) is 0 Å². The van der Waals surface area contributed by atoms with Gasteiger partial charge in [-0.05, 0) is 22.0 Å². The highest BCUT2D eigenvalue weighted by atomic mass is 79.9. The fraction of sp³-hybridized carbons (Fsp3) is 0.0909. The number of hydrogen-bond acceptors (Lipinski definition) is 5. The largest absolute Gasteiger partial charge is 0.493 e. The van der Waals surface area contributed by atoms with Crippen molar-refractivity contribution in [3.63, 3.8) is 0 Å². The number of nitrogens with two attached hydrogens (primary N) is 1. The lowest BCUT2D eigenvalue weighted by atomic mass is 10.3. The van der Waals surface area contributed by atoms with Crippen LogP contribution < -0.4 is 15.2 Å². The monoisotopic (exact) mass is 329 g/mol. The number of benzene rings is 1. The Balaban J connectivity index is 2.39. The second kappa shape index (κ2) is 5.41. The van der Waals surface area contributed by atoms with E-state index in [1.165, 1.54) is 19.5 Å². The highest BCUT2D eigenvalue weighted by Gasteiger charge is 2.12. The lowest BCUT2D eigenvalue weighted by Crippen LogP contribution is -1.95. The molecule has 1 aromatic carbocycles.